The third-order valence-corrected chi connectivity index (χ3v) is 5.61. The number of ether oxygens (including phenoxy) is 2. The van der Waals surface area contributed by atoms with Gasteiger partial charge in [-0.05, 0) is 37.8 Å². The first kappa shape index (κ1) is 19.2. The zero-order chi connectivity index (χ0) is 20.3. The number of hydrogen-bond donors (Lipinski definition) is 0. The molecule has 2 aliphatic rings. The zero-order valence-electron chi connectivity index (χ0n) is 16.5. The lowest BCUT2D eigenvalue weighted by molar-refractivity contribution is 0.0595. The summed E-state index contributed by atoms with van der Waals surface area (Å²) in [5.74, 6) is 1.37. The van der Waals surface area contributed by atoms with Crippen molar-refractivity contribution in [3.63, 3.8) is 0 Å². The molecule has 1 aromatic carbocycles. The van der Waals surface area contributed by atoms with Crippen LogP contribution in [-0.2, 0) is 6.54 Å². The van der Waals surface area contributed by atoms with Gasteiger partial charge in [0, 0.05) is 6.54 Å². The summed E-state index contributed by atoms with van der Waals surface area (Å²) in [6.45, 7) is 9.34. The molecule has 3 heterocycles. The zero-order valence-corrected chi connectivity index (χ0v) is 16.5. The lowest BCUT2D eigenvalue weighted by Crippen LogP contribution is -2.47. The van der Waals surface area contributed by atoms with Crippen LogP contribution in [0.15, 0.2) is 55.8 Å². The number of aromatic nitrogens is 3. The van der Waals surface area contributed by atoms with Gasteiger partial charge in [0.25, 0.3) is 5.91 Å². The molecular weight excluding hydrogens is 368 g/mol. The minimum atomic E-state index is -0.256. The van der Waals surface area contributed by atoms with Crippen molar-refractivity contribution in [2.75, 3.05) is 13.2 Å². The standard InChI is InChI=1S/C22H26N4O3/c1-3-10-22(11-4-2)12-7-13-26(22)21(27)18-15-25(24-23-18)14-17-16-28-19-8-5-6-9-20(19)29-17/h3-6,8-9,15,17H,1-2,7,10-14,16H2/t17-/m0/s1. The number of nitrogens with zero attached hydrogens (tertiary/aromatic N) is 4. The number of carbonyl (C=O) groups is 1. The molecule has 0 bridgehead atoms. The van der Waals surface area contributed by atoms with Gasteiger partial charge >= 0.3 is 0 Å². The van der Waals surface area contributed by atoms with Gasteiger partial charge in [-0.1, -0.05) is 29.5 Å². The van der Waals surface area contributed by atoms with E-state index in [4.69, 9.17) is 9.47 Å². The third kappa shape index (κ3) is 3.77. The van der Waals surface area contributed by atoms with Crippen LogP contribution in [0.4, 0.5) is 0 Å². The summed E-state index contributed by atoms with van der Waals surface area (Å²) >= 11 is 0. The van der Waals surface area contributed by atoms with Gasteiger partial charge < -0.3 is 14.4 Å². The molecular formula is C22H26N4O3. The van der Waals surface area contributed by atoms with Crippen molar-refractivity contribution in [1.82, 2.24) is 19.9 Å². The summed E-state index contributed by atoms with van der Waals surface area (Å²) in [5, 5.41) is 8.27. The van der Waals surface area contributed by atoms with E-state index in [-0.39, 0.29) is 17.6 Å². The second-order valence-electron chi connectivity index (χ2n) is 7.59. The largest absolute Gasteiger partial charge is 0.486 e. The Balaban J connectivity index is 1.45. The van der Waals surface area contributed by atoms with Crippen LogP contribution in [-0.4, -0.2) is 50.6 Å². The Kier molecular flexibility index (Phi) is 5.38. The highest BCUT2D eigenvalue weighted by molar-refractivity contribution is 5.92. The summed E-state index contributed by atoms with van der Waals surface area (Å²) in [6.07, 6.45) is 8.65. The van der Waals surface area contributed by atoms with E-state index in [2.05, 4.69) is 23.5 Å². The fraction of sp³-hybridized carbons (Fsp3) is 0.409. The van der Waals surface area contributed by atoms with Crippen molar-refractivity contribution in [2.24, 2.45) is 0 Å². The molecule has 0 N–H and O–H groups in total. The van der Waals surface area contributed by atoms with Crippen LogP contribution in [0.1, 0.15) is 36.2 Å². The van der Waals surface area contributed by atoms with Gasteiger partial charge in [-0.3, -0.25) is 4.79 Å². The fourth-order valence-electron chi connectivity index (χ4n) is 4.29. The van der Waals surface area contributed by atoms with Crippen molar-refractivity contribution in [3.8, 4) is 11.5 Å². The lowest BCUT2D eigenvalue weighted by Gasteiger charge is -2.37. The molecule has 1 fully saturated rings. The van der Waals surface area contributed by atoms with Gasteiger partial charge in [0.05, 0.1) is 18.3 Å². The topological polar surface area (TPSA) is 69.5 Å². The summed E-state index contributed by atoms with van der Waals surface area (Å²) in [7, 11) is 0. The molecule has 0 radical (unpaired) electrons. The van der Waals surface area contributed by atoms with E-state index in [1.54, 1.807) is 10.9 Å². The molecule has 1 aromatic heterocycles. The van der Waals surface area contributed by atoms with Crippen molar-refractivity contribution in [1.29, 1.82) is 0 Å². The molecule has 0 saturated carbocycles. The third-order valence-electron chi connectivity index (χ3n) is 5.61. The Bertz CT molecular complexity index is 897. The predicted molar refractivity (Wildman–Crippen MR) is 109 cm³/mol. The Labute approximate surface area is 170 Å². The summed E-state index contributed by atoms with van der Waals surface area (Å²) in [5.41, 5.74) is 0.0931. The smallest absolute Gasteiger partial charge is 0.276 e. The average Bonchev–Trinajstić information content (AvgIpc) is 3.35. The molecule has 29 heavy (non-hydrogen) atoms. The van der Waals surface area contributed by atoms with Gasteiger partial charge in [0.1, 0.15) is 6.61 Å². The molecule has 1 atom stereocenters. The Morgan fingerprint density at radius 3 is 2.76 bits per heavy atom. The fourth-order valence-corrected chi connectivity index (χ4v) is 4.29. The van der Waals surface area contributed by atoms with Gasteiger partial charge in [-0.2, -0.15) is 0 Å². The van der Waals surface area contributed by atoms with Crippen molar-refractivity contribution in [3.05, 3.63) is 61.5 Å². The van der Waals surface area contributed by atoms with Crippen LogP contribution < -0.4 is 9.47 Å². The van der Waals surface area contributed by atoms with E-state index in [0.717, 1.165) is 37.2 Å². The van der Waals surface area contributed by atoms with Crippen LogP contribution >= 0.6 is 0 Å². The first-order valence-electron chi connectivity index (χ1n) is 9.97. The minimum absolute atomic E-state index is 0.0939. The van der Waals surface area contributed by atoms with E-state index >= 15 is 0 Å². The average molecular weight is 394 g/mol. The molecule has 7 nitrogen and oxygen atoms in total. The quantitative estimate of drug-likeness (QED) is 0.675. The van der Waals surface area contributed by atoms with Crippen LogP contribution in [0.5, 0.6) is 11.5 Å². The molecule has 1 amide bonds. The normalized spacial score (nSPS) is 19.7. The van der Waals surface area contributed by atoms with Gasteiger partial charge in [-0.15, -0.1) is 18.3 Å². The van der Waals surface area contributed by atoms with E-state index in [1.807, 2.05) is 41.3 Å². The molecule has 1 saturated heterocycles. The van der Waals surface area contributed by atoms with Crippen LogP contribution in [0.2, 0.25) is 0 Å². The Hall–Kier alpha value is -3.09. The van der Waals surface area contributed by atoms with Gasteiger partial charge in [-0.25, -0.2) is 4.68 Å². The number of rotatable bonds is 7. The number of amides is 1. The molecule has 2 aliphatic heterocycles. The van der Waals surface area contributed by atoms with E-state index < -0.39 is 0 Å². The molecule has 0 unspecified atom stereocenters. The second kappa shape index (κ2) is 8.11. The number of likely N-dealkylation sites (tertiary alicyclic amines) is 1. The first-order chi connectivity index (χ1) is 14.1. The molecule has 0 spiro atoms. The Morgan fingerprint density at radius 1 is 1.24 bits per heavy atom. The van der Waals surface area contributed by atoms with Gasteiger partial charge in [0.2, 0.25) is 0 Å². The predicted octanol–water partition coefficient (Wildman–Crippen LogP) is 3.25. The number of para-hydroxylation sites is 2. The maximum Gasteiger partial charge on any atom is 0.276 e. The van der Waals surface area contributed by atoms with E-state index in [1.165, 1.54) is 0 Å². The minimum Gasteiger partial charge on any atom is -0.486 e. The highest BCUT2D eigenvalue weighted by Gasteiger charge is 2.42. The van der Waals surface area contributed by atoms with E-state index in [0.29, 0.717) is 25.4 Å². The van der Waals surface area contributed by atoms with Gasteiger partial charge in [0.15, 0.2) is 23.3 Å². The van der Waals surface area contributed by atoms with Crippen molar-refractivity contribution < 1.29 is 14.3 Å². The summed E-state index contributed by atoms with van der Waals surface area (Å²) in [4.78, 5) is 15.1. The number of hydrogen-bond acceptors (Lipinski definition) is 5. The van der Waals surface area contributed by atoms with E-state index in [9.17, 15) is 4.79 Å². The van der Waals surface area contributed by atoms with Crippen LogP contribution in [0.25, 0.3) is 0 Å². The number of carbonyl (C=O) groups excluding carboxylic acids is 1. The number of benzene rings is 1. The van der Waals surface area contributed by atoms with Crippen molar-refractivity contribution in [2.45, 2.75) is 43.9 Å². The van der Waals surface area contributed by atoms with Crippen molar-refractivity contribution >= 4 is 5.91 Å². The lowest BCUT2D eigenvalue weighted by atomic mass is 9.88. The molecule has 4 rings (SSSR count). The molecule has 152 valence electrons. The number of fused-ring (bicyclic) bond motifs is 1. The van der Waals surface area contributed by atoms with Crippen LogP contribution in [0.3, 0.4) is 0 Å². The SMILES string of the molecule is C=CCC1(CC=C)CCCN1C(=O)c1cn(C[C@H]2COc3ccccc3O2)nn1. The highest BCUT2D eigenvalue weighted by atomic mass is 16.6. The second-order valence-corrected chi connectivity index (χ2v) is 7.59. The highest BCUT2D eigenvalue weighted by Crippen LogP contribution is 2.37. The summed E-state index contributed by atoms with van der Waals surface area (Å²) < 4.78 is 13.4. The first-order valence-corrected chi connectivity index (χ1v) is 9.97. The Morgan fingerprint density at radius 2 is 2.00 bits per heavy atom. The molecule has 2 aromatic rings. The maximum atomic E-state index is 13.2. The van der Waals surface area contributed by atoms with Crippen LogP contribution in [0, 0.1) is 0 Å². The molecule has 0 aliphatic carbocycles. The monoisotopic (exact) mass is 394 g/mol. The maximum absolute atomic E-state index is 13.2. The molecule has 7 heteroatoms. The summed E-state index contributed by atoms with van der Waals surface area (Å²) in [6, 6.07) is 7.58.